The molecular weight excluding hydrogens is 347 g/mol. The number of fused-ring (bicyclic) bond motifs is 1. The van der Waals surface area contributed by atoms with Gasteiger partial charge in [0, 0.05) is 22.7 Å². The Morgan fingerprint density at radius 2 is 1.92 bits per heavy atom. The number of ether oxygens (including phenoxy) is 1. The molecule has 1 heterocycles. The van der Waals surface area contributed by atoms with Gasteiger partial charge >= 0.3 is 0 Å². The number of halogens is 2. The Labute approximate surface area is 149 Å². The summed E-state index contributed by atoms with van der Waals surface area (Å²) in [6.07, 6.45) is 1.73. The van der Waals surface area contributed by atoms with Gasteiger partial charge in [-0.05, 0) is 30.3 Å². The Morgan fingerprint density at radius 1 is 1.08 bits per heavy atom. The van der Waals surface area contributed by atoms with Gasteiger partial charge in [0.15, 0.2) is 0 Å². The van der Waals surface area contributed by atoms with E-state index < -0.39 is 0 Å². The molecule has 0 aliphatic heterocycles. The molecule has 0 aliphatic carbocycles. The molecule has 0 saturated carbocycles. The Morgan fingerprint density at radius 3 is 2.67 bits per heavy atom. The van der Waals surface area contributed by atoms with Crippen molar-refractivity contribution in [2.24, 2.45) is 5.16 Å². The van der Waals surface area contributed by atoms with Crippen molar-refractivity contribution in [3.8, 4) is 5.75 Å². The van der Waals surface area contributed by atoms with Gasteiger partial charge in [0.1, 0.15) is 18.6 Å². The molecule has 0 spiro atoms. The summed E-state index contributed by atoms with van der Waals surface area (Å²) in [6.45, 7) is 0. The third kappa shape index (κ3) is 3.16. The number of pyridine rings is 1. The standard InChI is InChI=1S/C18H14Cl2N2O2/c1-23-13-6-7-16-11(9-13)8-12(10-21-16)18(22-24-2)14-4-3-5-15(19)17(14)20/h3-10H,1-2H3. The smallest absolute Gasteiger partial charge is 0.120 e. The van der Waals surface area contributed by atoms with Crippen molar-refractivity contribution in [2.45, 2.75) is 0 Å². The van der Waals surface area contributed by atoms with E-state index in [1.807, 2.05) is 36.4 Å². The summed E-state index contributed by atoms with van der Waals surface area (Å²) in [5.74, 6) is 0.757. The van der Waals surface area contributed by atoms with Crippen LogP contribution in [0.2, 0.25) is 10.0 Å². The lowest BCUT2D eigenvalue weighted by molar-refractivity contribution is 0.214. The minimum Gasteiger partial charge on any atom is -0.497 e. The highest BCUT2D eigenvalue weighted by Gasteiger charge is 2.15. The van der Waals surface area contributed by atoms with Gasteiger partial charge in [0.05, 0.1) is 22.7 Å². The van der Waals surface area contributed by atoms with E-state index >= 15 is 0 Å². The molecule has 3 aromatic rings. The number of benzene rings is 2. The van der Waals surface area contributed by atoms with Gasteiger partial charge in [-0.2, -0.15) is 0 Å². The molecule has 122 valence electrons. The van der Waals surface area contributed by atoms with Crippen molar-refractivity contribution in [3.05, 3.63) is 69.8 Å². The number of rotatable bonds is 4. The number of oxime groups is 1. The maximum Gasteiger partial charge on any atom is 0.120 e. The quantitative estimate of drug-likeness (QED) is 0.488. The van der Waals surface area contributed by atoms with Crippen LogP contribution in [0.4, 0.5) is 0 Å². The first-order chi connectivity index (χ1) is 11.6. The molecular formula is C18H14Cl2N2O2. The number of hydrogen-bond acceptors (Lipinski definition) is 4. The molecule has 0 unspecified atom stereocenters. The Bertz CT molecular complexity index is 926. The topological polar surface area (TPSA) is 43.7 Å². The summed E-state index contributed by atoms with van der Waals surface area (Å²) in [4.78, 5) is 9.47. The fourth-order valence-corrected chi connectivity index (χ4v) is 2.79. The van der Waals surface area contributed by atoms with Gasteiger partial charge in [-0.1, -0.05) is 40.5 Å². The Hall–Kier alpha value is -2.30. The maximum atomic E-state index is 6.33. The predicted molar refractivity (Wildman–Crippen MR) is 97.4 cm³/mol. The molecule has 0 fully saturated rings. The average molecular weight is 361 g/mol. The number of methoxy groups -OCH3 is 1. The van der Waals surface area contributed by atoms with E-state index in [0.717, 1.165) is 22.2 Å². The lowest BCUT2D eigenvalue weighted by atomic mass is 10.0. The normalized spacial score (nSPS) is 11.6. The predicted octanol–water partition coefficient (Wildman–Crippen LogP) is 4.95. The number of aromatic nitrogens is 1. The van der Waals surface area contributed by atoms with E-state index in [1.54, 1.807) is 19.4 Å². The van der Waals surface area contributed by atoms with E-state index in [4.69, 9.17) is 32.8 Å². The second-order valence-corrected chi connectivity index (χ2v) is 5.79. The van der Waals surface area contributed by atoms with Crippen molar-refractivity contribution < 1.29 is 9.57 Å². The molecule has 24 heavy (non-hydrogen) atoms. The molecule has 3 rings (SSSR count). The van der Waals surface area contributed by atoms with Crippen LogP contribution in [0, 0.1) is 0 Å². The summed E-state index contributed by atoms with van der Waals surface area (Å²) in [5, 5.41) is 5.91. The van der Waals surface area contributed by atoms with Crippen LogP contribution in [-0.2, 0) is 4.84 Å². The highest BCUT2D eigenvalue weighted by atomic mass is 35.5. The van der Waals surface area contributed by atoms with Crippen molar-refractivity contribution in [3.63, 3.8) is 0 Å². The monoisotopic (exact) mass is 360 g/mol. The molecule has 4 nitrogen and oxygen atoms in total. The van der Waals surface area contributed by atoms with E-state index in [9.17, 15) is 0 Å². The fourth-order valence-electron chi connectivity index (χ4n) is 2.40. The largest absolute Gasteiger partial charge is 0.497 e. The summed E-state index contributed by atoms with van der Waals surface area (Å²) >= 11 is 12.5. The number of nitrogens with zero attached hydrogens (tertiary/aromatic N) is 2. The van der Waals surface area contributed by atoms with Gasteiger partial charge in [-0.25, -0.2) is 0 Å². The van der Waals surface area contributed by atoms with Crippen LogP contribution in [0.1, 0.15) is 11.1 Å². The third-order valence-electron chi connectivity index (χ3n) is 3.55. The zero-order valence-corrected chi connectivity index (χ0v) is 14.6. The summed E-state index contributed by atoms with van der Waals surface area (Å²) in [6, 6.07) is 13.0. The minimum atomic E-state index is 0.417. The van der Waals surface area contributed by atoms with Crippen LogP contribution >= 0.6 is 23.2 Å². The first kappa shape index (κ1) is 16.6. The zero-order valence-electron chi connectivity index (χ0n) is 13.1. The van der Waals surface area contributed by atoms with Gasteiger partial charge in [-0.15, -0.1) is 0 Å². The van der Waals surface area contributed by atoms with Gasteiger partial charge in [0.2, 0.25) is 0 Å². The molecule has 2 aromatic carbocycles. The van der Waals surface area contributed by atoms with Crippen LogP contribution in [0.5, 0.6) is 5.75 Å². The lowest BCUT2D eigenvalue weighted by Gasteiger charge is -2.10. The second-order valence-electron chi connectivity index (χ2n) is 5.01. The van der Waals surface area contributed by atoms with E-state index in [0.29, 0.717) is 21.3 Å². The molecule has 0 radical (unpaired) electrons. The lowest BCUT2D eigenvalue weighted by Crippen LogP contribution is -2.06. The number of hydrogen-bond donors (Lipinski definition) is 0. The summed E-state index contributed by atoms with van der Waals surface area (Å²) in [5.41, 5.74) is 2.85. The molecule has 0 N–H and O–H groups in total. The molecule has 1 aromatic heterocycles. The molecule has 6 heteroatoms. The van der Waals surface area contributed by atoms with Crippen LogP contribution in [0.25, 0.3) is 10.9 Å². The van der Waals surface area contributed by atoms with Gasteiger partial charge in [0.25, 0.3) is 0 Å². The van der Waals surface area contributed by atoms with Crippen LogP contribution in [-0.4, -0.2) is 24.9 Å². The molecule has 0 amide bonds. The van der Waals surface area contributed by atoms with Crippen LogP contribution in [0.3, 0.4) is 0 Å². The molecule has 0 saturated heterocycles. The highest BCUT2D eigenvalue weighted by Crippen LogP contribution is 2.29. The van der Waals surface area contributed by atoms with E-state index in [1.165, 1.54) is 7.11 Å². The van der Waals surface area contributed by atoms with Crippen LogP contribution < -0.4 is 4.74 Å². The first-order valence-corrected chi connectivity index (χ1v) is 7.89. The summed E-state index contributed by atoms with van der Waals surface area (Å²) < 4.78 is 5.27. The molecule has 0 bridgehead atoms. The third-order valence-corrected chi connectivity index (χ3v) is 4.37. The maximum absolute atomic E-state index is 6.33. The fraction of sp³-hybridized carbons (Fsp3) is 0.111. The molecule has 0 atom stereocenters. The van der Waals surface area contributed by atoms with Crippen molar-refractivity contribution >= 4 is 39.8 Å². The van der Waals surface area contributed by atoms with Crippen molar-refractivity contribution in [1.82, 2.24) is 4.98 Å². The van der Waals surface area contributed by atoms with Gasteiger partial charge < -0.3 is 9.57 Å². The first-order valence-electron chi connectivity index (χ1n) is 7.13. The van der Waals surface area contributed by atoms with E-state index in [-0.39, 0.29) is 0 Å². The second kappa shape index (κ2) is 7.07. The summed E-state index contributed by atoms with van der Waals surface area (Å²) in [7, 11) is 3.11. The average Bonchev–Trinajstić information content (AvgIpc) is 2.61. The van der Waals surface area contributed by atoms with Crippen LogP contribution in [0.15, 0.2) is 53.8 Å². The Kier molecular flexibility index (Phi) is 4.88. The SMILES string of the molecule is CON=C(c1cnc2ccc(OC)cc2c1)c1cccc(Cl)c1Cl. The highest BCUT2D eigenvalue weighted by molar-refractivity contribution is 6.44. The van der Waals surface area contributed by atoms with Crippen molar-refractivity contribution in [1.29, 1.82) is 0 Å². The van der Waals surface area contributed by atoms with Crippen molar-refractivity contribution in [2.75, 3.05) is 14.2 Å². The minimum absolute atomic E-state index is 0.417. The molecule has 0 aliphatic rings. The van der Waals surface area contributed by atoms with Gasteiger partial charge in [-0.3, -0.25) is 4.98 Å². The Balaban J connectivity index is 2.17. The van der Waals surface area contributed by atoms with E-state index in [2.05, 4.69) is 10.1 Å². The zero-order chi connectivity index (χ0) is 17.1.